The average molecular weight is 358 g/mol. The van der Waals surface area contributed by atoms with Gasteiger partial charge in [0.1, 0.15) is 6.54 Å². The highest BCUT2D eigenvalue weighted by Crippen LogP contribution is 2.16. The van der Waals surface area contributed by atoms with Gasteiger partial charge in [-0.1, -0.05) is 18.2 Å². The lowest BCUT2D eigenvalue weighted by molar-refractivity contribution is -0.885. The molecule has 0 radical (unpaired) electrons. The third kappa shape index (κ3) is 4.70. The number of quaternary nitrogens is 1. The largest absolute Gasteiger partial charge is 0.358 e. The first kappa shape index (κ1) is 19.7. The first-order chi connectivity index (χ1) is 12.3. The van der Waals surface area contributed by atoms with E-state index in [1.165, 1.54) is 4.90 Å². The van der Waals surface area contributed by atoms with Crippen molar-refractivity contribution in [2.45, 2.75) is 20.4 Å². The van der Waals surface area contributed by atoms with Crippen LogP contribution in [0, 0.1) is 13.8 Å². The zero-order chi connectivity index (χ0) is 19.3. The van der Waals surface area contributed by atoms with Crippen LogP contribution in [0.1, 0.15) is 17.0 Å². The Bertz CT molecular complexity index is 770. The molecule has 0 spiro atoms. The highest BCUT2D eigenvalue weighted by molar-refractivity contribution is 5.84. The summed E-state index contributed by atoms with van der Waals surface area (Å²) in [5.74, 6) is -0.230. The van der Waals surface area contributed by atoms with Gasteiger partial charge in [-0.3, -0.25) is 9.59 Å². The third-order valence-electron chi connectivity index (χ3n) is 4.46. The molecule has 2 N–H and O–H groups in total. The van der Waals surface area contributed by atoms with Gasteiger partial charge in [-0.05, 0) is 26.0 Å². The van der Waals surface area contributed by atoms with E-state index in [2.05, 4.69) is 17.3 Å². The van der Waals surface area contributed by atoms with Crippen LogP contribution in [0.4, 0.5) is 0 Å². The second-order valence-corrected chi connectivity index (χ2v) is 6.63. The Balaban J connectivity index is 2.05. The third-order valence-corrected chi connectivity index (χ3v) is 4.46. The number of aryl methyl sites for hydroxylation is 1. The number of hydrogen-bond acceptors (Lipinski definition) is 3. The van der Waals surface area contributed by atoms with Crippen molar-refractivity contribution in [1.29, 1.82) is 0 Å². The summed E-state index contributed by atoms with van der Waals surface area (Å²) >= 11 is 0. The van der Waals surface area contributed by atoms with E-state index in [1.807, 2.05) is 49.0 Å². The predicted molar refractivity (Wildman–Crippen MR) is 100 cm³/mol. The molecule has 26 heavy (non-hydrogen) atoms. The quantitative estimate of drug-likeness (QED) is 0.714. The molecule has 2 amide bonds. The number of nitrogens with zero attached hydrogens (tertiary/aromatic N) is 3. The number of nitrogens with one attached hydrogen (secondary N) is 2. The van der Waals surface area contributed by atoms with E-state index in [0.29, 0.717) is 13.1 Å². The summed E-state index contributed by atoms with van der Waals surface area (Å²) in [5, 5.41) is 7.18. The predicted octanol–water partition coefficient (Wildman–Crippen LogP) is -0.292. The Hall–Kier alpha value is -2.67. The number of rotatable bonds is 7. The van der Waals surface area contributed by atoms with Gasteiger partial charge in [0.2, 0.25) is 5.91 Å². The molecule has 0 bridgehead atoms. The standard InChI is InChI=1S/C19H27N5O2/c1-14-17(15(2)24(21-14)16-9-7-6-8-10-16)11-22(4)13-19(26)23(5)12-18(25)20-3/h6-10H,11-13H2,1-5H3,(H,20,25)/p+1. The monoisotopic (exact) mass is 358 g/mol. The molecular formula is C19H28N5O2+. The second kappa shape index (κ2) is 8.62. The lowest BCUT2D eigenvalue weighted by Gasteiger charge is -2.19. The highest BCUT2D eigenvalue weighted by atomic mass is 16.2. The summed E-state index contributed by atoms with van der Waals surface area (Å²) in [6.07, 6.45) is 0. The summed E-state index contributed by atoms with van der Waals surface area (Å²) in [6.45, 7) is 5.14. The van der Waals surface area contributed by atoms with Crippen molar-refractivity contribution in [3.8, 4) is 5.69 Å². The number of likely N-dealkylation sites (N-methyl/N-ethyl adjacent to an activating group) is 3. The Morgan fingerprint density at radius 1 is 1.23 bits per heavy atom. The van der Waals surface area contributed by atoms with E-state index < -0.39 is 0 Å². The van der Waals surface area contributed by atoms with Gasteiger partial charge in [0, 0.05) is 14.1 Å². The maximum atomic E-state index is 12.3. The van der Waals surface area contributed by atoms with Crippen LogP contribution in [0.3, 0.4) is 0 Å². The molecule has 0 saturated heterocycles. The summed E-state index contributed by atoms with van der Waals surface area (Å²) in [7, 11) is 5.19. The normalized spacial score (nSPS) is 11.9. The molecule has 1 atom stereocenters. The highest BCUT2D eigenvalue weighted by Gasteiger charge is 2.20. The van der Waals surface area contributed by atoms with E-state index in [0.717, 1.165) is 27.5 Å². The Morgan fingerprint density at radius 3 is 2.50 bits per heavy atom. The summed E-state index contributed by atoms with van der Waals surface area (Å²) in [4.78, 5) is 26.2. The van der Waals surface area contributed by atoms with Gasteiger partial charge in [0.15, 0.2) is 6.54 Å². The smallest absolute Gasteiger partial charge is 0.277 e. The SMILES string of the molecule is CNC(=O)CN(C)C(=O)C[NH+](C)Cc1c(C)nn(-c2ccccc2)c1C. The molecule has 2 aromatic rings. The lowest BCUT2D eigenvalue weighted by Crippen LogP contribution is -3.09. The molecule has 0 aliphatic carbocycles. The van der Waals surface area contributed by atoms with Crippen LogP contribution in [0.5, 0.6) is 0 Å². The number of carbonyl (C=O) groups excluding carboxylic acids is 2. The zero-order valence-corrected chi connectivity index (χ0v) is 16.2. The van der Waals surface area contributed by atoms with Gasteiger partial charge in [-0.25, -0.2) is 4.68 Å². The van der Waals surface area contributed by atoms with Gasteiger partial charge in [0.25, 0.3) is 5.91 Å². The van der Waals surface area contributed by atoms with Crippen molar-refractivity contribution in [1.82, 2.24) is 20.0 Å². The Morgan fingerprint density at radius 2 is 1.88 bits per heavy atom. The fourth-order valence-electron chi connectivity index (χ4n) is 2.89. The first-order valence-electron chi connectivity index (χ1n) is 8.69. The molecular weight excluding hydrogens is 330 g/mol. The number of carbonyl (C=O) groups is 2. The van der Waals surface area contributed by atoms with Gasteiger partial charge in [-0.15, -0.1) is 0 Å². The van der Waals surface area contributed by atoms with Crippen LogP contribution in [0.25, 0.3) is 5.69 Å². The van der Waals surface area contributed by atoms with Gasteiger partial charge in [-0.2, -0.15) is 5.10 Å². The average Bonchev–Trinajstić information content (AvgIpc) is 2.90. The molecule has 7 heteroatoms. The molecule has 1 heterocycles. The number of amides is 2. The minimum absolute atomic E-state index is 0.0585. The van der Waals surface area contributed by atoms with Crippen LogP contribution in [-0.4, -0.2) is 60.7 Å². The van der Waals surface area contributed by atoms with Crippen LogP contribution >= 0.6 is 0 Å². The van der Waals surface area contributed by atoms with E-state index in [1.54, 1.807) is 14.1 Å². The van der Waals surface area contributed by atoms with E-state index in [9.17, 15) is 9.59 Å². The van der Waals surface area contributed by atoms with Crippen LogP contribution in [-0.2, 0) is 16.1 Å². The minimum atomic E-state index is -0.172. The van der Waals surface area contributed by atoms with Gasteiger partial charge >= 0.3 is 0 Å². The second-order valence-electron chi connectivity index (χ2n) is 6.63. The molecule has 0 aliphatic rings. The Kier molecular flexibility index (Phi) is 6.52. The van der Waals surface area contributed by atoms with Crippen molar-refractivity contribution >= 4 is 11.8 Å². The molecule has 1 unspecified atom stereocenters. The fourth-order valence-corrected chi connectivity index (χ4v) is 2.89. The topological polar surface area (TPSA) is 71.7 Å². The van der Waals surface area contributed by atoms with Crippen molar-refractivity contribution in [2.24, 2.45) is 0 Å². The van der Waals surface area contributed by atoms with Crippen molar-refractivity contribution in [3.05, 3.63) is 47.3 Å². The van der Waals surface area contributed by atoms with Crippen LogP contribution in [0.2, 0.25) is 0 Å². The number of hydrogen-bond donors (Lipinski definition) is 2. The molecule has 0 saturated carbocycles. The van der Waals surface area contributed by atoms with Crippen LogP contribution < -0.4 is 10.2 Å². The maximum Gasteiger partial charge on any atom is 0.277 e. The number of aromatic nitrogens is 2. The summed E-state index contributed by atoms with van der Waals surface area (Å²) in [6, 6.07) is 10.0. The Labute approximate surface area is 154 Å². The first-order valence-corrected chi connectivity index (χ1v) is 8.69. The van der Waals surface area contributed by atoms with E-state index >= 15 is 0 Å². The van der Waals surface area contributed by atoms with Gasteiger partial charge < -0.3 is 15.1 Å². The lowest BCUT2D eigenvalue weighted by atomic mass is 10.2. The number of para-hydroxylation sites is 1. The molecule has 1 aromatic heterocycles. The fraction of sp³-hybridized carbons (Fsp3) is 0.421. The van der Waals surface area contributed by atoms with E-state index in [-0.39, 0.29) is 18.4 Å². The summed E-state index contributed by atoms with van der Waals surface area (Å²) in [5.41, 5.74) is 4.22. The number of benzene rings is 1. The molecule has 2 rings (SSSR count). The van der Waals surface area contributed by atoms with Crippen LogP contribution in [0.15, 0.2) is 30.3 Å². The van der Waals surface area contributed by atoms with E-state index in [4.69, 9.17) is 0 Å². The maximum absolute atomic E-state index is 12.3. The molecule has 7 nitrogen and oxygen atoms in total. The molecule has 140 valence electrons. The molecule has 1 aromatic carbocycles. The van der Waals surface area contributed by atoms with Crippen molar-refractivity contribution < 1.29 is 14.5 Å². The summed E-state index contributed by atoms with van der Waals surface area (Å²) < 4.78 is 1.94. The van der Waals surface area contributed by atoms with Gasteiger partial charge in [0.05, 0.1) is 36.2 Å². The minimum Gasteiger partial charge on any atom is -0.358 e. The van der Waals surface area contributed by atoms with Crippen molar-refractivity contribution in [3.63, 3.8) is 0 Å². The molecule has 0 fully saturated rings. The zero-order valence-electron chi connectivity index (χ0n) is 16.2. The molecule has 0 aliphatic heterocycles. The van der Waals surface area contributed by atoms with Crippen molar-refractivity contribution in [2.75, 3.05) is 34.2 Å².